The van der Waals surface area contributed by atoms with Crippen LogP contribution in [0.5, 0.6) is 0 Å². The second-order valence-corrected chi connectivity index (χ2v) is 6.01. The summed E-state index contributed by atoms with van der Waals surface area (Å²) in [7, 11) is 0. The molecule has 98 valence electrons. The van der Waals surface area contributed by atoms with Gasteiger partial charge in [0.1, 0.15) is 11.0 Å². The molecule has 2 N–H and O–H groups in total. The van der Waals surface area contributed by atoms with Crippen LogP contribution in [-0.4, -0.2) is 56.3 Å². The van der Waals surface area contributed by atoms with E-state index >= 15 is 0 Å². The van der Waals surface area contributed by atoms with Crippen LogP contribution in [0.25, 0.3) is 0 Å². The lowest BCUT2D eigenvalue weighted by Gasteiger charge is -2.32. The zero-order valence-electron chi connectivity index (χ0n) is 9.62. The number of urea groups is 1. The number of carbonyl (C=O) groups is 2. The maximum Gasteiger partial charge on any atom is 0.327 e. The number of carbonyl (C=O) groups excluding carboxylic acids is 1. The number of hydrogen-bond donors (Lipinski definition) is 2. The first kappa shape index (κ1) is 13.1. The van der Waals surface area contributed by atoms with E-state index in [1.165, 1.54) is 28.0 Å². The largest absolute Gasteiger partial charge is 0.480 e. The number of aryl methyl sites for hydroxylation is 1. The molecule has 0 bridgehead atoms. The number of aromatic nitrogens is 2. The summed E-state index contributed by atoms with van der Waals surface area (Å²) in [5.41, 5.74) is 0. The molecule has 2 amide bonds. The lowest BCUT2D eigenvalue weighted by molar-refractivity contribution is -0.141. The molecule has 1 aliphatic heterocycles. The third kappa shape index (κ3) is 2.91. The third-order valence-corrected chi connectivity index (χ3v) is 4.19. The van der Waals surface area contributed by atoms with Gasteiger partial charge in [0.15, 0.2) is 0 Å². The first-order valence-corrected chi connectivity index (χ1v) is 7.23. The molecule has 0 aliphatic carbocycles. The van der Waals surface area contributed by atoms with Crippen LogP contribution in [0.3, 0.4) is 0 Å². The van der Waals surface area contributed by atoms with Gasteiger partial charge in [-0.2, -0.15) is 11.8 Å². The smallest absolute Gasteiger partial charge is 0.327 e. The highest BCUT2D eigenvalue weighted by molar-refractivity contribution is 7.99. The van der Waals surface area contributed by atoms with Crippen LogP contribution in [0.1, 0.15) is 5.01 Å². The van der Waals surface area contributed by atoms with E-state index in [2.05, 4.69) is 15.5 Å². The van der Waals surface area contributed by atoms with Crippen molar-refractivity contribution in [3.8, 4) is 0 Å². The Bertz CT molecular complexity index is 464. The average molecular weight is 288 g/mol. The summed E-state index contributed by atoms with van der Waals surface area (Å²) in [5.74, 6) is 0.176. The van der Waals surface area contributed by atoms with E-state index in [9.17, 15) is 9.59 Å². The topological polar surface area (TPSA) is 95.4 Å². The van der Waals surface area contributed by atoms with E-state index in [1.807, 2.05) is 0 Å². The van der Waals surface area contributed by atoms with Crippen LogP contribution in [0, 0.1) is 6.92 Å². The molecule has 7 nitrogen and oxygen atoms in total. The summed E-state index contributed by atoms with van der Waals surface area (Å²) in [6, 6.07) is -1.21. The molecule has 1 atom stereocenters. The van der Waals surface area contributed by atoms with Crippen molar-refractivity contribution in [2.45, 2.75) is 13.0 Å². The van der Waals surface area contributed by atoms with Crippen molar-refractivity contribution in [1.29, 1.82) is 0 Å². The summed E-state index contributed by atoms with van der Waals surface area (Å²) in [4.78, 5) is 24.4. The van der Waals surface area contributed by atoms with E-state index in [-0.39, 0.29) is 0 Å². The predicted octanol–water partition coefficient (Wildman–Crippen LogP) is 0.880. The van der Waals surface area contributed by atoms with Gasteiger partial charge < -0.3 is 10.0 Å². The molecule has 2 rings (SSSR count). The lowest BCUT2D eigenvalue weighted by atomic mass is 10.3. The molecule has 0 radical (unpaired) electrons. The van der Waals surface area contributed by atoms with E-state index < -0.39 is 18.0 Å². The van der Waals surface area contributed by atoms with Crippen LogP contribution in [0.4, 0.5) is 9.93 Å². The Morgan fingerprint density at radius 1 is 1.50 bits per heavy atom. The molecule has 0 aromatic carbocycles. The summed E-state index contributed by atoms with van der Waals surface area (Å²) >= 11 is 2.79. The molecule has 1 aliphatic rings. The number of thioether (sulfide) groups is 1. The molecule has 2 heterocycles. The Balaban J connectivity index is 2.04. The number of rotatable bonds is 2. The van der Waals surface area contributed by atoms with Crippen molar-refractivity contribution < 1.29 is 14.7 Å². The Labute approximate surface area is 112 Å². The second-order valence-electron chi connectivity index (χ2n) is 3.68. The molecule has 0 saturated carbocycles. The van der Waals surface area contributed by atoms with Crippen LogP contribution >= 0.6 is 23.1 Å². The Morgan fingerprint density at radius 3 is 2.89 bits per heavy atom. The van der Waals surface area contributed by atoms with Crippen molar-refractivity contribution in [3.05, 3.63) is 5.01 Å². The SMILES string of the molecule is Cc1nnc(NC(=O)N2CCSCC2C(=O)O)s1. The summed E-state index contributed by atoms with van der Waals surface area (Å²) in [5, 5.41) is 20.3. The predicted molar refractivity (Wildman–Crippen MR) is 69.1 cm³/mol. The number of carboxylic acids is 1. The fraction of sp³-hybridized carbons (Fsp3) is 0.556. The number of amides is 2. The molecule has 1 aromatic heterocycles. The van der Waals surface area contributed by atoms with Gasteiger partial charge in [-0.3, -0.25) is 5.32 Å². The van der Waals surface area contributed by atoms with Crippen molar-refractivity contribution in [2.24, 2.45) is 0 Å². The zero-order chi connectivity index (χ0) is 13.1. The molecule has 1 fully saturated rings. The number of nitrogens with one attached hydrogen (secondary N) is 1. The van der Waals surface area contributed by atoms with Gasteiger partial charge in [-0.15, -0.1) is 10.2 Å². The monoisotopic (exact) mass is 288 g/mol. The minimum atomic E-state index is -0.981. The van der Waals surface area contributed by atoms with E-state index in [4.69, 9.17) is 5.11 Å². The van der Waals surface area contributed by atoms with Gasteiger partial charge in [-0.25, -0.2) is 9.59 Å². The first-order valence-electron chi connectivity index (χ1n) is 5.26. The van der Waals surface area contributed by atoms with E-state index in [0.717, 1.165) is 10.8 Å². The zero-order valence-corrected chi connectivity index (χ0v) is 11.3. The van der Waals surface area contributed by atoms with Crippen molar-refractivity contribution in [3.63, 3.8) is 0 Å². The first-order chi connectivity index (χ1) is 8.58. The van der Waals surface area contributed by atoms with Crippen molar-refractivity contribution in [2.75, 3.05) is 23.4 Å². The summed E-state index contributed by atoms with van der Waals surface area (Å²) < 4.78 is 0. The van der Waals surface area contributed by atoms with Crippen molar-refractivity contribution >= 4 is 40.2 Å². The van der Waals surface area contributed by atoms with Gasteiger partial charge in [0, 0.05) is 18.1 Å². The fourth-order valence-electron chi connectivity index (χ4n) is 1.56. The summed E-state index contributed by atoms with van der Waals surface area (Å²) in [6.07, 6.45) is 0. The van der Waals surface area contributed by atoms with Crippen LogP contribution in [-0.2, 0) is 4.79 Å². The third-order valence-electron chi connectivity index (χ3n) is 2.41. The average Bonchev–Trinajstić information content (AvgIpc) is 2.74. The van der Waals surface area contributed by atoms with Gasteiger partial charge in [0.2, 0.25) is 5.13 Å². The Hall–Kier alpha value is -1.35. The highest BCUT2D eigenvalue weighted by Crippen LogP contribution is 2.19. The summed E-state index contributed by atoms with van der Waals surface area (Å²) in [6.45, 7) is 2.20. The van der Waals surface area contributed by atoms with Gasteiger partial charge in [0.05, 0.1) is 0 Å². The second kappa shape index (κ2) is 5.53. The highest BCUT2D eigenvalue weighted by atomic mass is 32.2. The Kier molecular flexibility index (Phi) is 4.02. The molecule has 18 heavy (non-hydrogen) atoms. The lowest BCUT2D eigenvalue weighted by Crippen LogP contribution is -2.51. The van der Waals surface area contributed by atoms with Gasteiger partial charge in [-0.05, 0) is 6.92 Å². The van der Waals surface area contributed by atoms with E-state index in [1.54, 1.807) is 6.92 Å². The Morgan fingerprint density at radius 2 is 2.28 bits per heavy atom. The van der Waals surface area contributed by atoms with Crippen LogP contribution < -0.4 is 5.32 Å². The number of anilines is 1. The number of hydrogen-bond acceptors (Lipinski definition) is 6. The quantitative estimate of drug-likeness (QED) is 0.838. The van der Waals surface area contributed by atoms with Crippen LogP contribution in [0.15, 0.2) is 0 Å². The van der Waals surface area contributed by atoms with E-state index in [0.29, 0.717) is 17.4 Å². The van der Waals surface area contributed by atoms with Gasteiger partial charge in [-0.1, -0.05) is 11.3 Å². The maximum atomic E-state index is 12.0. The number of aliphatic carboxylic acids is 1. The van der Waals surface area contributed by atoms with Crippen molar-refractivity contribution in [1.82, 2.24) is 15.1 Å². The molecule has 0 spiro atoms. The molecule has 1 unspecified atom stereocenters. The molecule has 9 heteroatoms. The number of carboxylic acid groups (broad SMARTS) is 1. The molecule has 1 saturated heterocycles. The fourth-order valence-corrected chi connectivity index (χ4v) is 3.18. The normalized spacial score (nSPS) is 19.6. The van der Waals surface area contributed by atoms with Gasteiger partial charge >= 0.3 is 12.0 Å². The maximum absolute atomic E-state index is 12.0. The minimum absolute atomic E-state index is 0.389. The minimum Gasteiger partial charge on any atom is -0.480 e. The number of nitrogens with zero attached hydrogens (tertiary/aromatic N) is 3. The van der Waals surface area contributed by atoms with Gasteiger partial charge in [0.25, 0.3) is 0 Å². The molecule has 1 aromatic rings. The molecular weight excluding hydrogens is 276 g/mol. The standard InChI is InChI=1S/C9H12N4O3S2/c1-5-11-12-8(18-5)10-9(16)13-2-3-17-4-6(13)7(14)15/h6H,2-4H2,1H3,(H,14,15)(H,10,12,16). The highest BCUT2D eigenvalue weighted by Gasteiger charge is 2.32. The molecular formula is C9H12N4O3S2. The van der Waals surface area contributed by atoms with Crippen LogP contribution in [0.2, 0.25) is 0 Å².